The maximum absolute atomic E-state index is 12.4. The average molecular weight is 339 g/mol. The zero-order valence-electron chi connectivity index (χ0n) is 14.1. The lowest BCUT2D eigenvalue weighted by Crippen LogP contribution is -2.42. The van der Waals surface area contributed by atoms with Gasteiger partial charge >= 0.3 is 0 Å². The molecule has 3 unspecified atom stereocenters. The van der Waals surface area contributed by atoms with Crippen LogP contribution < -0.4 is 20.1 Å². The first-order valence-corrected chi connectivity index (χ1v) is 8.55. The number of nitrogens with zero attached hydrogens (tertiary/aromatic N) is 1. The van der Waals surface area contributed by atoms with Gasteiger partial charge in [-0.1, -0.05) is 0 Å². The number of fused-ring (bicyclic) bond motifs is 2. The van der Waals surface area contributed by atoms with Crippen LogP contribution in [-0.2, 0) is 0 Å². The van der Waals surface area contributed by atoms with Crippen molar-refractivity contribution in [3.8, 4) is 17.2 Å². The first-order valence-electron chi connectivity index (χ1n) is 8.55. The third-order valence-corrected chi connectivity index (χ3v) is 4.89. The van der Waals surface area contributed by atoms with Crippen molar-refractivity contribution < 1.29 is 14.3 Å². The second kappa shape index (κ2) is 6.72. The van der Waals surface area contributed by atoms with Crippen LogP contribution in [0, 0.1) is 0 Å². The Morgan fingerprint density at radius 1 is 1.16 bits per heavy atom. The number of rotatable bonds is 5. The number of carbonyl (C=O) groups excluding carboxylic acids is 1. The van der Waals surface area contributed by atoms with Gasteiger partial charge in [0, 0.05) is 29.8 Å². The van der Waals surface area contributed by atoms with Crippen LogP contribution in [-0.4, -0.2) is 36.1 Å². The van der Waals surface area contributed by atoms with Gasteiger partial charge in [0.25, 0.3) is 5.91 Å². The molecule has 0 spiro atoms. The lowest BCUT2D eigenvalue weighted by Gasteiger charge is -2.21. The molecule has 2 N–H and O–H groups in total. The predicted molar refractivity (Wildman–Crippen MR) is 93.1 cm³/mol. The van der Waals surface area contributed by atoms with E-state index in [9.17, 15) is 4.79 Å². The number of nitrogens with one attached hydrogen (secondary N) is 2. The number of ether oxygens (including phenoxy) is 2. The van der Waals surface area contributed by atoms with E-state index < -0.39 is 0 Å². The van der Waals surface area contributed by atoms with Gasteiger partial charge in [0.15, 0.2) is 0 Å². The first-order chi connectivity index (χ1) is 12.2. The Morgan fingerprint density at radius 3 is 2.64 bits per heavy atom. The summed E-state index contributed by atoms with van der Waals surface area (Å²) in [4.78, 5) is 16.5. The molecule has 3 atom stereocenters. The molecule has 4 rings (SSSR count). The zero-order valence-corrected chi connectivity index (χ0v) is 14.1. The van der Waals surface area contributed by atoms with Crippen molar-refractivity contribution in [2.75, 3.05) is 7.11 Å². The third kappa shape index (κ3) is 3.44. The van der Waals surface area contributed by atoms with Crippen LogP contribution in [0.1, 0.15) is 29.6 Å². The van der Waals surface area contributed by atoms with Crippen molar-refractivity contribution >= 4 is 5.91 Å². The largest absolute Gasteiger partial charge is 0.495 e. The van der Waals surface area contributed by atoms with E-state index in [0.717, 1.165) is 12.8 Å². The summed E-state index contributed by atoms with van der Waals surface area (Å²) in [7, 11) is 1.58. The molecule has 0 radical (unpaired) electrons. The number of amides is 1. The Balaban J connectivity index is 1.38. The van der Waals surface area contributed by atoms with Gasteiger partial charge in [0.2, 0.25) is 0 Å². The van der Waals surface area contributed by atoms with E-state index in [2.05, 4.69) is 15.6 Å². The van der Waals surface area contributed by atoms with Gasteiger partial charge < -0.3 is 20.1 Å². The molecule has 1 aromatic carbocycles. The Hall–Kier alpha value is -2.60. The van der Waals surface area contributed by atoms with Gasteiger partial charge in [-0.05, 0) is 43.5 Å². The van der Waals surface area contributed by atoms with E-state index in [1.807, 2.05) is 0 Å². The van der Waals surface area contributed by atoms with E-state index in [-0.39, 0.29) is 11.9 Å². The highest BCUT2D eigenvalue weighted by Gasteiger charge is 2.39. The summed E-state index contributed by atoms with van der Waals surface area (Å²) < 4.78 is 10.9. The molecule has 25 heavy (non-hydrogen) atoms. The molecule has 130 valence electrons. The van der Waals surface area contributed by atoms with Crippen molar-refractivity contribution in [3.63, 3.8) is 0 Å². The van der Waals surface area contributed by atoms with Gasteiger partial charge in [-0.15, -0.1) is 0 Å². The highest BCUT2D eigenvalue weighted by molar-refractivity contribution is 5.94. The molecule has 2 aliphatic heterocycles. The van der Waals surface area contributed by atoms with Crippen LogP contribution >= 0.6 is 0 Å². The molecule has 2 aromatic rings. The molecule has 1 amide bonds. The minimum Gasteiger partial charge on any atom is -0.495 e. The van der Waals surface area contributed by atoms with Crippen molar-refractivity contribution in [2.24, 2.45) is 0 Å². The number of benzene rings is 1. The van der Waals surface area contributed by atoms with E-state index in [0.29, 0.717) is 34.9 Å². The quantitative estimate of drug-likeness (QED) is 0.876. The summed E-state index contributed by atoms with van der Waals surface area (Å²) in [6.07, 6.45) is 6.63. The van der Waals surface area contributed by atoms with Crippen LogP contribution in [0.2, 0.25) is 0 Å². The molecule has 6 heteroatoms. The second-order valence-electron chi connectivity index (χ2n) is 6.55. The number of pyridine rings is 1. The molecule has 2 aliphatic rings. The van der Waals surface area contributed by atoms with E-state index in [1.165, 1.54) is 6.42 Å². The molecule has 2 saturated heterocycles. The maximum atomic E-state index is 12.4. The molecule has 0 aliphatic carbocycles. The molecule has 1 aromatic heterocycles. The van der Waals surface area contributed by atoms with Gasteiger partial charge in [0.05, 0.1) is 19.5 Å². The minimum atomic E-state index is -0.0334. The monoisotopic (exact) mass is 339 g/mol. The summed E-state index contributed by atoms with van der Waals surface area (Å²) in [5.74, 6) is 1.83. The standard InChI is InChI=1S/C19H21N3O3/c1-24-15-9-16(11-20-10-15)25-14-5-2-12(3-6-14)19(23)22-18-8-13-4-7-17(18)21-13/h2-3,5-6,9-11,13,17-18,21H,4,7-8H2,1H3,(H,22,23). The predicted octanol–water partition coefficient (Wildman–Crippen LogP) is 2.51. The summed E-state index contributed by atoms with van der Waals surface area (Å²) in [6.45, 7) is 0. The molecular weight excluding hydrogens is 318 g/mol. The fraction of sp³-hybridized carbons (Fsp3) is 0.368. The smallest absolute Gasteiger partial charge is 0.251 e. The minimum absolute atomic E-state index is 0.0334. The number of hydrogen-bond acceptors (Lipinski definition) is 5. The van der Waals surface area contributed by atoms with Crippen LogP contribution in [0.5, 0.6) is 17.2 Å². The van der Waals surface area contributed by atoms with Gasteiger partial charge in [-0.3, -0.25) is 9.78 Å². The molecule has 6 nitrogen and oxygen atoms in total. The van der Waals surface area contributed by atoms with Crippen LogP contribution in [0.4, 0.5) is 0 Å². The summed E-state index contributed by atoms with van der Waals surface area (Å²) in [5.41, 5.74) is 0.638. The van der Waals surface area contributed by atoms with Gasteiger partial charge in [-0.2, -0.15) is 0 Å². The molecular formula is C19H21N3O3. The lowest BCUT2D eigenvalue weighted by atomic mass is 9.95. The van der Waals surface area contributed by atoms with Crippen LogP contribution in [0.15, 0.2) is 42.7 Å². The Bertz CT molecular complexity index is 763. The average Bonchev–Trinajstić information content (AvgIpc) is 3.25. The maximum Gasteiger partial charge on any atom is 0.251 e. The van der Waals surface area contributed by atoms with Crippen molar-refractivity contribution in [2.45, 2.75) is 37.4 Å². The topological polar surface area (TPSA) is 72.5 Å². The highest BCUT2D eigenvalue weighted by Crippen LogP contribution is 2.28. The zero-order chi connectivity index (χ0) is 17.2. The number of hydrogen-bond donors (Lipinski definition) is 2. The Kier molecular flexibility index (Phi) is 4.28. The first kappa shape index (κ1) is 15.9. The fourth-order valence-corrected chi connectivity index (χ4v) is 3.61. The summed E-state index contributed by atoms with van der Waals surface area (Å²) in [5, 5.41) is 6.67. The fourth-order valence-electron chi connectivity index (χ4n) is 3.61. The number of methoxy groups -OCH3 is 1. The summed E-state index contributed by atoms with van der Waals surface area (Å²) in [6, 6.07) is 10.1. The highest BCUT2D eigenvalue weighted by atomic mass is 16.5. The summed E-state index contributed by atoms with van der Waals surface area (Å²) >= 11 is 0. The lowest BCUT2D eigenvalue weighted by molar-refractivity contribution is 0.0931. The molecule has 2 bridgehead atoms. The Morgan fingerprint density at radius 2 is 1.96 bits per heavy atom. The van der Waals surface area contributed by atoms with Crippen molar-refractivity contribution in [1.29, 1.82) is 0 Å². The molecule has 2 fully saturated rings. The van der Waals surface area contributed by atoms with Gasteiger partial charge in [0.1, 0.15) is 17.2 Å². The van der Waals surface area contributed by atoms with Crippen molar-refractivity contribution in [3.05, 3.63) is 48.3 Å². The number of carbonyl (C=O) groups is 1. The van der Waals surface area contributed by atoms with E-state index in [1.54, 1.807) is 49.8 Å². The van der Waals surface area contributed by atoms with Gasteiger partial charge in [-0.25, -0.2) is 0 Å². The van der Waals surface area contributed by atoms with Crippen LogP contribution in [0.3, 0.4) is 0 Å². The SMILES string of the molecule is COc1cncc(Oc2ccc(C(=O)NC3CC4CCC3N4)cc2)c1. The van der Waals surface area contributed by atoms with Crippen LogP contribution in [0.25, 0.3) is 0 Å². The van der Waals surface area contributed by atoms with E-state index in [4.69, 9.17) is 9.47 Å². The van der Waals surface area contributed by atoms with Crippen molar-refractivity contribution in [1.82, 2.24) is 15.6 Å². The van der Waals surface area contributed by atoms with E-state index >= 15 is 0 Å². The number of aromatic nitrogens is 1. The molecule has 0 saturated carbocycles. The second-order valence-corrected chi connectivity index (χ2v) is 6.55. The molecule has 3 heterocycles. The third-order valence-electron chi connectivity index (χ3n) is 4.89. The Labute approximate surface area is 146 Å². The normalized spacial score (nSPS) is 24.1.